The number of nitro groups is 1. The van der Waals surface area contributed by atoms with Gasteiger partial charge in [0.2, 0.25) is 0 Å². The van der Waals surface area contributed by atoms with Crippen LogP contribution in [0.5, 0.6) is 0 Å². The van der Waals surface area contributed by atoms with Crippen molar-refractivity contribution in [3.63, 3.8) is 0 Å². The predicted octanol–water partition coefficient (Wildman–Crippen LogP) is 2.03. The second-order valence-corrected chi connectivity index (χ2v) is 5.30. The summed E-state index contributed by atoms with van der Waals surface area (Å²) in [6.45, 7) is 4.25. The quantitative estimate of drug-likeness (QED) is 0.673. The fourth-order valence-electron chi connectivity index (χ4n) is 2.32. The minimum Gasteiger partial charge on any atom is -0.326 e. The van der Waals surface area contributed by atoms with Crippen LogP contribution in [0, 0.1) is 16.0 Å². The van der Waals surface area contributed by atoms with Crippen molar-refractivity contribution in [3.05, 3.63) is 38.9 Å². The summed E-state index contributed by atoms with van der Waals surface area (Å²) in [7, 11) is 0. The molecule has 5 nitrogen and oxygen atoms in total. The third-order valence-corrected chi connectivity index (χ3v) is 3.61. The Bertz CT molecular complexity index is 457. The SMILES string of the molecule is CC1CN(Cc2cc(Cl)ccc2[N+](=O)[O-])CC1N. The molecule has 2 unspecified atom stereocenters. The molecule has 0 saturated carbocycles. The van der Waals surface area contributed by atoms with Crippen molar-refractivity contribution in [2.45, 2.75) is 19.5 Å². The average Bonchev–Trinajstić information content (AvgIpc) is 2.57. The van der Waals surface area contributed by atoms with Crippen LogP contribution in [-0.2, 0) is 6.54 Å². The van der Waals surface area contributed by atoms with Crippen LogP contribution >= 0.6 is 11.6 Å². The Kier molecular flexibility index (Phi) is 3.85. The van der Waals surface area contributed by atoms with E-state index in [0.29, 0.717) is 23.0 Å². The lowest BCUT2D eigenvalue weighted by molar-refractivity contribution is -0.385. The molecule has 0 aliphatic carbocycles. The molecular formula is C12H16ClN3O2. The van der Waals surface area contributed by atoms with E-state index in [1.54, 1.807) is 12.1 Å². The lowest BCUT2D eigenvalue weighted by Crippen LogP contribution is -2.28. The molecule has 0 aromatic heterocycles. The van der Waals surface area contributed by atoms with Gasteiger partial charge in [-0.3, -0.25) is 15.0 Å². The zero-order valence-electron chi connectivity index (χ0n) is 10.2. The van der Waals surface area contributed by atoms with Gasteiger partial charge in [0.1, 0.15) is 0 Å². The Morgan fingerprint density at radius 1 is 1.56 bits per heavy atom. The maximum atomic E-state index is 11.0. The van der Waals surface area contributed by atoms with E-state index in [0.717, 1.165) is 13.1 Å². The van der Waals surface area contributed by atoms with Crippen molar-refractivity contribution in [1.82, 2.24) is 4.90 Å². The Balaban J connectivity index is 2.18. The van der Waals surface area contributed by atoms with Crippen molar-refractivity contribution in [2.75, 3.05) is 13.1 Å². The maximum Gasteiger partial charge on any atom is 0.273 e. The van der Waals surface area contributed by atoms with Gasteiger partial charge < -0.3 is 5.73 Å². The largest absolute Gasteiger partial charge is 0.326 e. The number of benzene rings is 1. The summed E-state index contributed by atoms with van der Waals surface area (Å²) in [5.41, 5.74) is 6.71. The molecule has 18 heavy (non-hydrogen) atoms. The molecule has 2 N–H and O–H groups in total. The Labute approximate surface area is 111 Å². The predicted molar refractivity (Wildman–Crippen MR) is 70.5 cm³/mol. The summed E-state index contributed by atoms with van der Waals surface area (Å²) in [4.78, 5) is 12.7. The third kappa shape index (κ3) is 2.80. The standard InChI is InChI=1S/C12H16ClN3O2/c1-8-5-15(7-11(8)14)6-9-4-10(13)2-3-12(9)16(17)18/h2-4,8,11H,5-7,14H2,1H3. The van der Waals surface area contributed by atoms with E-state index < -0.39 is 0 Å². The number of nitrogens with two attached hydrogens (primary N) is 1. The van der Waals surface area contributed by atoms with E-state index >= 15 is 0 Å². The van der Waals surface area contributed by atoms with Gasteiger partial charge in [-0.15, -0.1) is 0 Å². The molecule has 0 spiro atoms. The van der Waals surface area contributed by atoms with Gasteiger partial charge >= 0.3 is 0 Å². The second kappa shape index (κ2) is 5.22. The monoisotopic (exact) mass is 269 g/mol. The van der Waals surface area contributed by atoms with Gasteiger partial charge in [-0.1, -0.05) is 18.5 Å². The third-order valence-electron chi connectivity index (χ3n) is 3.38. The number of rotatable bonds is 3. The molecule has 0 amide bonds. The molecule has 0 radical (unpaired) electrons. The zero-order valence-corrected chi connectivity index (χ0v) is 10.9. The van der Waals surface area contributed by atoms with Crippen molar-refractivity contribution < 1.29 is 4.92 Å². The molecule has 1 saturated heterocycles. The molecular weight excluding hydrogens is 254 g/mol. The van der Waals surface area contributed by atoms with Crippen LogP contribution < -0.4 is 5.73 Å². The van der Waals surface area contributed by atoms with E-state index in [4.69, 9.17) is 17.3 Å². The Morgan fingerprint density at radius 3 is 2.83 bits per heavy atom. The Morgan fingerprint density at radius 2 is 2.28 bits per heavy atom. The average molecular weight is 270 g/mol. The molecule has 1 aromatic carbocycles. The number of hydrogen-bond acceptors (Lipinski definition) is 4. The number of nitrogens with zero attached hydrogens (tertiary/aromatic N) is 2. The summed E-state index contributed by atoms with van der Waals surface area (Å²) in [6, 6.07) is 4.80. The minimum atomic E-state index is -0.370. The highest BCUT2D eigenvalue weighted by Gasteiger charge is 2.28. The van der Waals surface area contributed by atoms with E-state index in [-0.39, 0.29) is 16.7 Å². The number of likely N-dealkylation sites (tertiary alicyclic amines) is 1. The molecule has 1 fully saturated rings. The fraction of sp³-hybridized carbons (Fsp3) is 0.500. The molecule has 2 rings (SSSR count). The number of halogens is 1. The molecule has 1 aliphatic rings. The van der Waals surface area contributed by atoms with E-state index in [9.17, 15) is 10.1 Å². The van der Waals surface area contributed by atoms with Gasteiger partial charge in [-0.2, -0.15) is 0 Å². The smallest absolute Gasteiger partial charge is 0.273 e. The van der Waals surface area contributed by atoms with Crippen LogP contribution in [0.1, 0.15) is 12.5 Å². The first-order valence-electron chi connectivity index (χ1n) is 5.88. The van der Waals surface area contributed by atoms with Gasteiger partial charge in [0.25, 0.3) is 5.69 Å². The van der Waals surface area contributed by atoms with Crippen molar-refractivity contribution >= 4 is 17.3 Å². The highest BCUT2D eigenvalue weighted by Crippen LogP contribution is 2.26. The van der Waals surface area contributed by atoms with E-state index in [2.05, 4.69) is 11.8 Å². The summed E-state index contributed by atoms with van der Waals surface area (Å²) in [6.07, 6.45) is 0. The molecule has 1 heterocycles. The number of nitro benzene ring substituents is 1. The second-order valence-electron chi connectivity index (χ2n) is 4.87. The van der Waals surface area contributed by atoms with Gasteiger partial charge in [0, 0.05) is 42.3 Å². The van der Waals surface area contributed by atoms with Crippen LogP contribution in [0.2, 0.25) is 5.02 Å². The molecule has 2 atom stereocenters. The first kappa shape index (κ1) is 13.3. The van der Waals surface area contributed by atoms with Gasteiger partial charge in [-0.05, 0) is 18.1 Å². The molecule has 6 heteroatoms. The van der Waals surface area contributed by atoms with Gasteiger partial charge in [-0.25, -0.2) is 0 Å². The highest BCUT2D eigenvalue weighted by molar-refractivity contribution is 6.30. The normalized spacial score (nSPS) is 24.4. The molecule has 0 bridgehead atoms. The summed E-state index contributed by atoms with van der Waals surface area (Å²) in [5.74, 6) is 0.420. The van der Waals surface area contributed by atoms with Crippen LogP contribution in [0.15, 0.2) is 18.2 Å². The fourth-order valence-corrected chi connectivity index (χ4v) is 2.52. The molecule has 1 aliphatic heterocycles. The van der Waals surface area contributed by atoms with E-state index in [1.807, 2.05) is 0 Å². The van der Waals surface area contributed by atoms with Gasteiger partial charge in [0.05, 0.1) is 4.92 Å². The maximum absolute atomic E-state index is 11.0. The zero-order chi connectivity index (χ0) is 13.3. The minimum absolute atomic E-state index is 0.118. The lowest BCUT2D eigenvalue weighted by atomic mass is 10.1. The van der Waals surface area contributed by atoms with Crippen molar-refractivity contribution in [1.29, 1.82) is 0 Å². The first-order valence-corrected chi connectivity index (χ1v) is 6.26. The van der Waals surface area contributed by atoms with Crippen LogP contribution in [0.3, 0.4) is 0 Å². The summed E-state index contributed by atoms with van der Waals surface area (Å²) in [5, 5.41) is 11.5. The van der Waals surface area contributed by atoms with Crippen molar-refractivity contribution in [2.24, 2.45) is 11.7 Å². The summed E-state index contributed by atoms with van der Waals surface area (Å²) >= 11 is 5.90. The highest BCUT2D eigenvalue weighted by atomic mass is 35.5. The molecule has 1 aromatic rings. The van der Waals surface area contributed by atoms with Crippen LogP contribution in [0.25, 0.3) is 0 Å². The topological polar surface area (TPSA) is 72.4 Å². The van der Waals surface area contributed by atoms with E-state index in [1.165, 1.54) is 6.07 Å². The first-order chi connectivity index (χ1) is 8.47. The number of hydrogen-bond donors (Lipinski definition) is 1. The van der Waals surface area contributed by atoms with Crippen LogP contribution in [-0.4, -0.2) is 29.0 Å². The van der Waals surface area contributed by atoms with Crippen molar-refractivity contribution in [3.8, 4) is 0 Å². The summed E-state index contributed by atoms with van der Waals surface area (Å²) < 4.78 is 0. The molecule has 98 valence electrons. The Hall–Kier alpha value is -1.17. The lowest BCUT2D eigenvalue weighted by Gasteiger charge is -2.15. The van der Waals surface area contributed by atoms with Gasteiger partial charge in [0.15, 0.2) is 0 Å². The van der Waals surface area contributed by atoms with Crippen LogP contribution in [0.4, 0.5) is 5.69 Å².